The first-order valence-electron chi connectivity index (χ1n) is 9.19. The summed E-state index contributed by atoms with van der Waals surface area (Å²) in [6.07, 6.45) is 0.891. The lowest BCUT2D eigenvalue weighted by Crippen LogP contribution is -2.28. The number of halogens is 1. The van der Waals surface area contributed by atoms with Crippen molar-refractivity contribution in [1.82, 2.24) is 14.5 Å². The van der Waals surface area contributed by atoms with Gasteiger partial charge in [0.15, 0.2) is 0 Å². The maximum absolute atomic E-state index is 13.5. The van der Waals surface area contributed by atoms with Gasteiger partial charge in [0.05, 0.1) is 11.1 Å². The molecule has 0 aliphatic carbocycles. The molecule has 0 radical (unpaired) electrons. The van der Waals surface area contributed by atoms with Crippen molar-refractivity contribution in [2.24, 2.45) is 5.92 Å². The molecule has 0 unspecified atom stereocenters. The molecule has 0 spiro atoms. The maximum Gasteiger partial charge on any atom is 0.268 e. The quantitative estimate of drug-likeness (QED) is 0.712. The molecule has 0 bridgehead atoms. The molecule has 1 aliphatic heterocycles. The van der Waals surface area contributed by atoms with Gasteiger partial charge in [0.2, 0.25) is 5.95 Å². The third-order valence-electron chi connectivity index (χ3n) is 4.82. The average molecular weight is 403 g/mol. The molecule has 0 saturated carbocycles. The lowest BCUT2D eigenvalue weighted by atomic mass is 10.1. The van der Waals surface area contributed by atoms with Crippen LogP contribution in [0.5, 0.6) is 0 Å². The summed E-state index contributed by atoms with van der Waals surface area (Å²) in [5.41, 5.74) is 1.94. The van der Waals surface area contributed by atoms with Crippen LogP contribution in [0.4, 0.5) is 5.95 Å². The summed E-state index contributed by atoms with van der Waals surface area (Å²) in [4.78, 5) is 22.8. The van der Waals surface area contributed by atoms with Gasteiger partial charge in [-0.2, -0.15) is 0 Å². The summed E-state index contributed by atoms with van der Waals surface area (Å²) in [6.45, 7) is 6.86. The van der Waals surface area contributed by atoms with Gasteiger partial charge in [-0.1, -0.05) is 25.4 Å². The summed E-state index contributed by atoms with van der Waals surface area (Å²) in [6, 6.07) is 7.34. The topological polar surface area (TPSA) is 50.2 Å². The van der Waals surface area contributed by atoms with E-state index >= 15 is 0 Å². The van der Waals surface area contributed by atoms with Crippen LogP contribution in [-0.4, -0.2) is 34.6 Å². The van der Waals surface area contributed by atoms with Crippen LogP contribution >= 0.6 is 22.9 Å². The highest BCUT2D eigenvalue weighted by atomic mass is 35.5. The van der Waals surface area contributed by atoms with E-state index < -0.39 is 0 Å². The minimum atomic E-state index is -0.00404. The van der Waals surface area contributed by atoms with E-state index in [9.17, 15) is 4.79 Å². The molecule has 7 heteroatoms. The first-order chi connectivity index (χ1) is 12.9. The van der Waals surface area contributed by atoms with Crippen LogP contribution in [0.3, 0.4) is 0 Å². The van der Waals surface area contributed by atoms with E-state index in [1.807, 2.05) is 12.1 Å². The number of likely N-dealkylation sites (N-methyl/N-ethyl adjacent to an activating group) is 1. The molecule has 5 nitrogen and oxygen atoms in total. The number of hydrogen-bond donors (Lipinski definition) is 1. The van der Waals surface area contributed by atoms with E-state index in [2.05, 4.69) is 31.1 Å². The SMILES string of the molecule is CC(C)CNc1nc2sc3c(c2c(=O)n1-c1ccc(Cl)cc1)CCN(C)C3. The summed E-state index contributed by atoms with van der Waals surface area (Å²) in [5.74, 6) is 1.04. The van der Waals surface area contributed by atoms with E-state index in [0.717, 1.165) is 42.0 Å². The number of anilines is 1. The third-order valence-corrected chi connectivity index (χ3v) is 6.18. The molecule has 142 valence electrons. The largest absolute Gasteiger partial charge is 0.355 e. The summed E-state index contributed by atoms with van der Waals surface area (Å²) in [5, 5.41) is 4.78. The zero-order chi connectivity index (χ0) is 19.1. The van der Waals surface area contributed by atoms with Crippen LogP contribution in [0.1, 0.15) is 24.3 Å². The van der Waals surface area contributed by atoms with Gasteiger partial charge in [-0.3, -0.25) is 4.79 Å². The Hall–Kier alpha value is -1.89. The monoisotopic (exact) mass is 402 g/mol. The Morgan fingerprint density at radius 3 is 2.74 bits per heavy atom. The minimum Gasteiger partial charge on any atom is -0.355 e. The van der Waals surface area contributed by atoms with Gasteiger partial charge in [-0.05, 0) is 49.2 Å². The number of hydrogen-bond acceptors (Lipinski definition) is 5. The second-order valence-corrected chi connectivity index (χ2v) is 9.02. The zero-order valence-corrected chi connectivity index (χ0v) is 17.3. The van der Waals surface area contributed by atoms with Crippen molar-refractivity contribution in [3.63, 3.8) is 0 Å². The normalized spacial score (nSPS) is 14.7. The molecule has 2 aromatic heterocycles. The summed E-state index contributed by atoms with van der Waals surface area (Å²) >= 11 is 7.69. The van der Waals surface area contributed by atoms with Crippen molar-refractivity contribution in [2.75, 3.05) is 25.5 Å². The van der Waals surface area contributed by atoms with E-state index in [1.165, 1.54) is 10.4 Å². The molecule has 3 heterocycles. The second-order valence-electron chi connectivity index (χ2n) is 7.50. The Bertz CT molecular complexity index is 1040. The van der Waals surface area contributed by atoms with Gasteiger partial charge in [-0.25, -0.2) is 9.55 Å². The molecule has 1 aromatic carbocycles. The van der Waals surface area contributed by atoms with Gasteiger partial charge < -0.3 is 10.2 Å². The molecule has 0 amide bonds. The number of nitrogens with zero attached hydrogens (tertiary/aromatic N) is 3. The van der Waals surface area contributed by atoms with Crippen LogP contribution in [0.25, 0.3) is 15.9 Å². The van der Waals surface area contributed by atoms with E-state index in [-0.39, 0.29) is 5.56 Å². The highest BCUT2D eigenvalue weighted by molar-refractivity contribution is 7.18. The Morgan fingerprint density at radius 2 is 2.04 bits per heavy atom. The van der Waals surface area contributed by atoms with Crippen molar-refractivity contribution in [2.45, 2.75) is 26.8 Å². The Labute approximate surface area is 167 Å². The van der Waals surface area contributed by atoms with E-state index in [1.54, 1.807) is 28.0 Å². The third kappa shape index (κ3) is 3.49. The Kier molecular flexibility index (Phi) is 4.97. The van der Waals surface area contributed by atoms with Crippen molar-refractivity contribution in [3.05, 3.63) is 50.1 Å². The Balaban J connectivity index is 1.94. The highest BCUT2D eigenvalue weighted by Gasteiger charge is 2.24. The van der Waals surface area contributed by atoms with Gasteiger partial charge in [0, 0.05) is 29.5 Å². The number of fused-ring (bicyclic) bond motifs is 3. The average Bonchev–Trinajstić information content (AvgIpc) is 2.98. The molecule has 4 rings (SSSR count). The van der Waals surface area contributed by atoms with Gasteiger partial charge in [-0.15, -0.1) is 11.3 Å². The fourth-order valence-electron chi connectivity index (χ4n) is 3.41. The predicted molar refractivity (Wildman–Crippen MR) is 114 cm³/mol. The minimum absolute atomic E-state index is 0.00404. The fraction of sp³-hybridized carbons (Fsp3) is 0.400. The molecule has 1 aliphatic rings. The van der Waals surface area contributed by atoms with Crippen LogP contribution in [0.15, 0.2) is 29.1 Å². The molecule has 1 N–H and O–H groups in total. The van der Waals surface area contributed by atoms with Gasteiger partial charge in [0.25, 0.3) is 5.56 Å². The molecule has 0 saturated heterocycles. The number of thiophene rings is 1. The number of rotatable bonds is 4. The fourth-order valence-corrected chi connectivity index (χ4v) is 4.83. The molecule has 0 atom stereocenters. The molecule has 27 heavy (non-hydrogen) atoms. The molecule has 3 aromatic rings. The van der Waals surface area contributed by atoms with Gasteiger partial charge >= 0.3 is 0 Å². The van der Waals surface area contributed by atoms with Crippen molar-refractivity contribution < 1.29 is 0 Å². The van der Waals surface area contributed by atoms with Crippen molar-refractivity contribution >= 4 is 39.1 Å². The number of nitrogens with one attached hydrogen (secondary N) is 1. The standard InChI is InChI=1S/C20H23ClN4OS/c1-12(2)10-22-20-23-18-17(15-8-9-24(3)11-16(15)27-18)19(26)25(20)14-6-4-13(21)5-7-14/h4-7,12H,8-11H2,1-3H3,(H,22,23). The predicted octanol–water partition coefficient (Wildman–Crippen LogP) is 4.16. The maximum atomic E-state index is 13.5. The molecular formula is C20H23ClN4OS. The Morgan fingerprint density at radius 1 is 1.30 bits per heavy atom. The van der Waals surface area contributed by atoms with Crippen molar-refractivity contribution in [1.29, 1.82) is 0 Å². The lowest BCUT2D eigenvalue weighted by Gasteiger charge is -2.22. The number of benzene rings is 1. The van der Waals surface area contributed by atoms with E-state index in [0.29, 0.717) is 16.9 Å². The first-order valence-corrected chi connectivity index (χ1v) is 10.4. The zero-order valence-electron chi connectivity index (χ0n) is 15.8. The molecule has 0 fully saturated rings. The lowest BCUT2D eigenvalue weighted by molar-refractivity contribution is 0.318. The second kappa shape index (κ2) is 7.26. The van der Waals surface area contributed by atoms with E-state index in [4.69, 9.17) is 16.6 Å². The summed E-state index contributed by atoms with van der Waals surface area (Å²) in [7, 11) is 2.11. The van der Waals surface area contributed by atoms with Crippen LogP contribution < -0.4 is 10.9 Å². The van der Waals surface area contributed by atoms with Crippen LogP contribution in [0, 0.1) is 5.92 Å². The summed E-state index contributed by atoms with van der Waals surface area (Å²) < 4.78 is 1.69. The smallest absolute Gasteiger partial charge is 0.268 e. The van der Waals surface area contributed by atoms with Crippen molar-refractivity contribution in [3.8, 4) is 5.69 Å². The van der Waals surface area contributed by atoms with Gasteiger partial charge in [0.1, 0.15) is 4.83 Å². The molecular weight excluding hydrogens is 380 g/mol. The number of aromatic nitrogens is 2. The first kappa shape index (κ1) is 18.5. The highest BCUT2D eigenvalue weighted by Crippen LogP contribution is 2.33. The van der Waals surface area contributed by atoms with Crippen LogP contribution in [-0.2, 0) is 13.0 Å². The van der Waals surface area contributed by atoms with Crippen LogP contribution in [0.2, 0.25) is 5.02 Å².